The summed E-state index contributed by atoms with van der Waals surface area (Å²) in [5.41, 5.74) is 1.67. The van der Waals surface area contributed by atoms with Gasteiger partial charge in [-0.2, -0.15) is 0 Å². The van der Waals surface area contributed by atoms with E-state index in [1.165, 1.54) is 31.0 Å². The van der Waals surface area contributed by atoms with Crippen molar-refractivity contribution in [1.82, 2.24) is 10.3 Å². The number of halogens is 1. The Morgan fingerprint density at radius 2 is 2.04 bits per heavy atom. The van der Waals surface area contributed by atoms with Gasteiger partial charge in [-0.15, -0.1) is 0 Å². The molecule has 1 aliphatic rings. The summed E-state index contributed by atoms with van der Waals surface area (Å²) >= 11 is 1.35. The molecule has 1 saturated heterocycles. The van der Waals surface area contributed by atoms with Crippen LogP contribution in [0.2, 0.25) is 0 Å². The number of carbonyl (C=O) groups is 1. The highest BCUT2D eigenvalue weighted by Crippen LogP contribution is 2.42. The maximum absolute atomic E-state index is 13.0. The quantitative estimate of drug-likeness (QED) is 0.908. The molecule has 1 aromatic heterocycles. The van der Waals surface area contributed by atoms with Gasteiger partial charge in [-0.3, -0.25) is 9.79 Å². The smallest absolute Gasteiger partial charge is 0.246 e. The molecule has 1 N–H and O–H groups in total. The van der Waals surface area contributed by atoms with E-state index in [9.17, 15) is 9.18 Å². The third kappa shape index (κ3) is 3.51. The van der Waals surface area contributed by atoms with Gasteiger partial charge in [-0.25, -0.2) is 9.37 Å². The lowest BCUT2D eigenvalue weighted by atomic mass is 10.0. The average molecular weight is 359 g/mol. The number of pyridine rings is 1. The van der Waals surface area contributed by atoms with Crippen LogP contribution in [0.4, 0.5) is 4.39 Å². The van der Waals surface area contributed by atoms with Crippen LogP contribution in [0.3, 0.4) is 0 Å². The van der Waals surface area contributed by atoms with Crippen LogP contribution >= 0.6 is 11.8 Å². The molecule has 0 aliphatic carbocycles. The van der Waals surface area contributed by atoms with E-state index in [-0.39, 0.29) is 17.8 Å². The van der Waals surface area contributed by atoms with Gasteiger partial charge in [-0.1, -0.05) is 23.9 Å². The molecule has 0 saturated carbocycles. The molecule has 0 radical (unpaired) electrons. The van der Waals surface area contributed by atoms with Crippen LogP contribution in [0.1, 0.15) is 31.0 Å². The van der Waals surface area contributed by atoms with Crippen LogP contribution in [-0.2, 0) is 9.54 Å². The number of hydrogen-bond donors (Lipinski definition) is 1. The number of nitrogens with zero attached hydrogens (tertiary/aromatic N) is 2. The van der Waals surface area contributed by atoms with Gasteiger partial charge >= 0.3 is 0 Å². The highest BCUT2D eigenvalue weighted by atomic mass is 32.2. The molecule has 2 heterocycles. The third-order valence-corrected chi connectivity index (χ3v) is 5.34. The Balaban J connectivity index is 1.84. The lowest BCUT2D eigenvalue weighted by Crippen LogP contribution is -2.31. The summed E-state index contributed by atoms with van der Waals surface area (Å²) in [6.45, 7) is 3.74. The van der Waals surface area contributed by atoms with Gasteiger partial charge in [0.05, 0.1) is 13.2 Å². The van der Waals surface area contributed by atoms with E-state index < -0.39 is 4.75 Å². The standard InChI is InChI=1S/C18H18FN3O2S/c1-11(12-4-6-14(19)7-5-12)21-17-22-16(23)18(2,25-17)13-8-9-20-15(10-13)24-3/h4-11H,1-3H3,(H,21,22,23). The predicted molar refractivity (Wildman–Crippen MR) is 96.1 cm³/mol. The van der Waals surface area contributed by atoms with Crippen molar-refractivity contribution in [2.45, 2.75) is 24.6 Å². The summed E-state index contributed by atoms with van der Waals surface area (Å²) in [5, 5.41) is 3.37. The van der Waals surface area contributed by atoms with Gasteiger partial charge in [0, 0.05) is 12.3 Å². The Morgan fingerprint density at radius 1 is 1.32 bits per heavy atom. The minimum absolute atomic E-state index is 0.143. The molecular formula is C18H18FN3O2S. The van der Waals surface area contributed by atoms with Crippen molar-refractivity contribution in [2.75, 3.05) is 7.11 Å². The molecule has 2 aromatic rings. The number of amides is 1. The highest BCUT2D eigenvalue weighted by molar-refractivity contribution is 8.15. The van der Waals surface area contributed by atoms with Crippen molar-refractivity contribution in [1.29, 1.82) is 0 Å². The zero-order chi connectivity index (χ0) is 18.0. The van der Waals surface area contributed by atoms with E-state index in [0.29, 0.717) is 11.0 Å². The molecule has 2 unspecified atom stereocenters. The molecule has 7 heteroatoms. The molecule has 25 heavy (non-hydrogen) atoms. The fourth-order valence-electron chi connectivity index (χ4n) is 2.54. The summed E-state index contributed by atoms with van der Waals surface area (Å²) in [4.78, 5) is 21.2. The van der Waals surface area contributed by atoms with Crippen LogP contribution in [-0.4, -0.2) is 23.2 Å². The zero-order valence-corrected chi connectivity index (χ0v) is 14.9. The van der Waals surface area contributed by atoms with E-state index in [1.54, 1.807) is 30.5 Å². The first-order valence-corrected chi connectivity index (χ1v) is 8.58. The Morgan fingerprint density at radius 3 is 2.72 bits per heavy atom. The lowest BCUT2D eigenvalue weighted by Gasteiger charge is -2.19. The molecule has 2 atom stereocenters. The maximum atomic E-state index is 13.0. The first-order chi connectivity index (χ1) is 11.9. The van der Waals surface area contributed by atoms with E-state index >= 15 is 0 Å². The number of hydrogen-bond acceptors (Lipinski definition) is 5. The van der Waals surface area contributed by atoms with Gasteiger partial charge < -0.3 is 10.1 Å². The second kappa shape index (κ2) is 6.84. The Labute approximate surface area is 149 Å². The van der Waals surface area contributed by atoms with Crippen molar-refractivity contribution >= 4 is 22.8 Å². The number of benzene rings is 1. The molecule has 1 aliphatic heterocycles. The lowest BCUT2D eigenvalue weighted by molar-refractivity contribution is -0.121. The van der Waals surface area contributed by atoms with Crippen molar-refractivity contribution in [2.24, 2.45) is 4.99 Å². The maximum Gasteiger partial charge on any atom is 0.246 e. The fourth-order valence-corrected chi connectivity index (χ4v) is 3.67. The van der Waals surface area contributed by atoms with Crippen LogP contribution in [0, 0.1) is 5.82 Å². The minimum atomic E-state index is -0.808. The van der Waals surface area contributed by atoms with Crippen LogP contribution < -0.4 is 10.1 Å². The minimum Gasteiger partial charge on any atom is -0.481 e. The monoisotopic (exact) mass is 359 g/mol. The number of aliphatic imine (C=N–C) groups is 1. The van der Waals surface area contributed by atoms with Crippen molar-refractivity contribution in [3.63, 3.8) is 0 Å². The van der Waals surface area contributed by atoms with Crippen molar-refractivity contribution in [3.05, 3.63) is 59.5 Å². The Kier molecular flexibility index (Phi) is 4.76. The topological polar surface area (TPSA) is 63.6 Å². The number of aromatic nitrogens is 1. The SMILES string of the molecule is COc1cc(C2(C)SC(=NC(C)c3ccc(F)cc3)NC2=O)ccn1. The highest BCUT2D eigenvalue weighted by Gasteiger charge is 2.44. The summed E-state index contributed by atoms with van der Waals surface area (Å²) < 4.78 is 17.4. The van der Waals surface area contributed by atoms with Gasteiger partial charge in [0.2, 0.25) is 11.8 Å². The molecule has 3 rings (SSSR count). The molecule has 130 valence electrons. The molecule has 1 fully saturated rings. The number of rotatable bonds is 4. The first kappa shape index (κ1) is 17.4. The summed E-state index contributed by atoms with van der Waals surface area (Å²) in [6, 6.07) is 9.54. The van der Waals surface area contributed by atoms with E-state index in [4.69, 9.17) is 4.74 Å². The van der Waals surface area contributed by atoms with Crippen molar-refractivity contribution in [3.8, 4) is 5.88 Å². The van der Waals surface area contributed by atoms with Crippen LogP contribution in [0.15, 0.2) is 47.6 Å². The molecule has 0 spiro atoms. The molecule has 5 nitrogen and oxygen atoms in total. The van der Waals surface area contributed by atoms with Gasteiger partial charge in [0.1, 0.15) is 10.6 Å². The largest absolute Gasteiger partial charge is 0.481 e. The third-order valence-electron chi connectivity index (χ3n) is 4.11. The normalized spacial score (nSPS) is 22.7. The van der Waals surface area contributed by atoms with Crippen LogP contribution in [0.5, 0.6) is 5.88 Å². The number of carbonyl (C=O) groups excluding carboxylic acids is 1. The second-order valence-electron chi connectivity index (χ2n) is 5.84. The van der Waals surface area contributed by atoms with E-state index in [1.807, 2.05) is 13.8 Å². The number of thioether (sulfide) groups is 1. The number of amidine groups is 1. The van der Waals surface area contributed by atoms with Gasteiger partial charge in [-0.05, 0) is 43.2 Å². The van der Waals surface area contributed by atoms with Gasteiger partial charge in [0.25, 0.3) is 0 Å². The number of ether oxygens (including phenoxy) is 1. The summed E-state index contributed by atoms with van der Waals surface area (Å²) in [5.74, 6) is 0.0272. The Bertz CT molecular complexity index is 825. The van der Waals surface area contributed by atoms with Gasteiger partial charge in [0.15, 0.2) is 5.17 Å². The predicted octanol–water partition coefficient (Wildman–Crippen LogP) is 3.42. The van der Waals surface area contributed by atoms with Crippen LogP contribution in [0.25, 0.3) is 0 Å². The molecule has 1 aromatic carbocycles. The summed E-state index contributed by atoms with van der Waals surface area (Å²) in [6.07, 6.45) is 1.61. The Hall–Kier alpha value is -2.41. The van der Waals surface area contributed by atoms with E-state index in [2.05, 4.69) is 15.3 Å². The fraction of sp³-hybridized carbons (Fsp3) is 0.278. The van der Waals surface area contributed by atoms with E-state index in [0.717, 1.165) is 11.1 Å². The first-order valence-electron chi connectivity index (χ1n) is 7.76. The second-order valence-corrected chi connectivity index (χ2v) is 7.25. The molecule has 1 amide bonds. The molecule has 0 bridgehead atoms. The van der Waals surface area contributed by atoms with Crippen molar-refractivity contribution < 1.29 is 13.9 Å². The number of nitrogens with one attached hydrogen (secondary N) is 1. The summed E-state index contributed by atoms with van der Waals surface area (Å²) in [7, 11) is 1.54. The molecular weight excluding hydrogens is 341 g/mol. The average Bonchev–Trinajstić information content (AvgIpc) is 2.90. The zero-order valence-electron chi connectivity index (χ0n) is 14.1. The number of methoxy groups -OCH3 is 1.